The summed E-state index contributed by atoms with van der Waals surface area (Å²) in [7, 11) is 4.51. The van der Waals surface area contributed by atoms with Gasteiger partial charge < -0.3 is 24.2 Å². The Morgan fingerprint density at radius 1 is 1.00 bits per heavy atom. The van der Waals surface area contributed by atoms with Crippen LogP contribution in [0.3, 0.4) is 0 Å². The number of nitrogens with zero attached hydrogens (tertiary/aromatic N) is 1. The number of benzene rings is 2. The van der Waals surface area contributed by atoms with Crippen LogP contribution in [0, 0.1) is 0 Å². The average molecular weight is 494 g/mol. The quantitative estimate of drug-likeness (QED) is 0.434. The fourth-order valence-electron chi connectivity index (χ4n) is 4.31. The van der Waals surface area contributed by atoms with Gasteiger partial charge >= 0.3 is 0 Å². The maximum absolute atomic E-state index is 13.5. The normalized spacial score (nSPS) is 15.5. The van der Waals surface area contributed by atoms with E-state index in [0.717, 1.165) is 10.4 Å². The molecule has 1 unspecified atom stereocenters. The predicted molar refractivity (Wildman–Crippen MR) is 133 cm³/mol. The van der Waals surface area contributed by atoms with Crippen molar-refractivity contribution >= 4 is 23.0 Å². The zero-order valence-electron chi connectivity index (χ0n) is 19.8. The zero-order valence-corrected chi connectivity index (χ0v) is 20.6. The van der Waals surface area contributed by atoms with E-state index in [0.29, 0.717) is 29.2 Å². The molecule has 1 amide bonds. The highest BCUT2D eigenvalue weighted by Crippen LogP contribution is 2.45. The molecule has 0 bridgehead atoms. The lowest BCUT2D eigenvalue weighted by molar-refractivity contribution is -0.130. The van der Waals surface area contributed by atoms with Gasteiger partial charge in [0.25, 0.3) is 5.91 Å². The summed E-state index contributed by atoms with van der Waals surface area (Å²) in [6.45, 7) is 0.247. The number of thiophene rings is 1. The van der Waals surface area contributed by atoms with Gasteiger partial charge in [0.2, 0.25) is 5.75 Å². The lowest BCUT2D eigenvalue weighted by Crippen LogP contribution is -2.30. The molecule has 1 atom stereocenters. The first-order valence-corrected chi connectivity index (χ1v) is 12.0. The van der Waals surface area contributed by atoms with Crippen LogP contribution in [0.4, 0.5) is 0 Å². The molecule has 0 spiro atoms. The SMILES string of the molecule is COc1cc(C2C(C(=O)CCc3ccccc3)=C(O)C(=O)N2Cc2cccs2)cc(OC)c1OC. The summed E-state index contributed by atoms with van der Waals surface area (Å²) in [6.07, 6.45) is 0.655. The summed E-state index contributed by atoms with van der Waals surface area (Å²) < 4.78 is 16.4. The molecule has 2 heterocycles. The summed E-state index contributed by atoms with van der Waals surface area (Å²) >= 11 is 1.50. The van der Waals surface area contributed by atoms with Crippen LogP contribution in [-0.2, 0) is 22.6 Å². The van der Waals surface area contributed by atoms with E-state index in [9.17, 15) is 14.7 Å². The van der Waals surface area contributed by atoms with Crippen LogP contribution in [0.2, 0.25) is 0 Å². The van der Waals surface area contributed by atoms with Crippen molar-refractivity contribution in [1.29, 1.82) is 0 Å². The number of aryl methyl sites for hydroxylation is 1. The highest BCUT2D eigenvalue weighted by molar-refractivity contribution is 7.09. The molecule has 0 aliphatic carbocycles. The molecule has 7 nitrogen and oxygen atoms in total. The number of amides is 1. The van der Waals surface area contributed by atoms with Gasteiger partial charge in [-0.15, -0.1) is 11.3 Å². The Hall–Kier alpha value is -3.78. The third-order valence-corrected chi connectivity index (χ3v) is 6.86. The van der Waals surface area contributed by atoms with E-state index < -0.39 is 17.7 Å². The van der Waals surface area contributed by atoms with Crippen molar-refractivity contribution < 1.29 is 28.9 Å². The van der Waals surface area contributed by atoms with Crippen molar-refractivity contribution in [3.63, 3.8) is 0 Å². The Labute approximate surface area is 208 Å². The van der Waals surface area contributed by atoms with Crippen LogP contribution in [0.15, 0.2) is 71.3 Å². The Bertz CT molecular complexity index is 1210. The minimum atomic E-state index is -0.804. The van der Waals surface area contributed by atoms with Gasteiger partial charge in [-0.25, -0.2) is 0 Å². The molecule has 1 N–H and O–H groups in total. The fraction of sp³-hybridized carbons (Fsp3) is 0.259. The van der Waals surface area contributed by atoms with Crippen LogP contribution >= 0.6 is 11.3 Å². The summed E-state index contributed by atoms with van der Waals surface area (Å²) in [5.74, 6) is -0.190. The van der Waals surface area contributed by atoms with Crippen molar-refractivity contribution in [1.82, 2.24) is 4.90 Å². The van der Waals surface area contributed by atoms with Crippen molar-refractivity contribution in [2.75, 3.05) is 21.3 Å². The summed E-state index contributed by atoms with van der Waals surface area (Å²) in [5, 5.41) is 12.8. The second kappa shape index (κ2) is 10.7. The molecule has 4 rings (SSSR count). The molecular formula is C27H27NO6S. The standard InChI is InChI=1S/C27H27NO6S/c1-32-21-14-18(15-22(33-2)26(21)34-3)24-23(20(29)12-11-17-8-5-4-6-9-17)25(30)27(31)28(24)16-19-10-7-13-35-19/h4-10,13-15,24,30H,11-12,16H2,1-3H3. The van der Waals surface area contributed by atoms with Gasteiger partial charge in [-0.1, -0.05) is 36.4 Å². The molecule has 8 heteroatoms. The first-order valence-electron chi connectivity index (χ1n) is 11.1. The van der Waals surface area contributed by atoms with Crippen LogP contribution in [-0.4, -0.2) is 43.0 Å². The number of hydrogen-bond donors (Lipinski definition) is 1. The van der Waals surface area contributed by atoms with Crippen molar-refractivity contribution in [3.8, 4) is 17.2 Å². The molecular weight excluding hydrogens is 466 g/mol. The first-order chi connectivity index (χ1) is 17.0. The van der Waals surface area contributed by atoms with E-state index in [2.05, 4.69) is 0 Å². The number of aliphatic hydroxyl groups excluding tert-OH is 1. The molecule has 182 valence electrons. The molecule has 1 aliphatic heterocycles. The molecule has 3 aromatic rings. The molecule has 2 aromatic carbocycles. The highest BCUT2D eigenvalue weighted by atomic mass is 32.1. The van der Waals surface area contributed by atoms with E-state index >= 15 is 0 Å². The van der Waals surface area contributed by atoms with Crippen molar-refractivity contribution in [3.05, 3.63) is 87.3 Å². The average Bonchev–Trinajstić information content (AvgIpc) is 3.49. The lowest BCUT2D eigenvalue weighted by atomic mass is 9.92. The Morgan fingerprint density at radius 3 is 2.26 bits per heavy atom. The van der Waals surface area contributed by atoms with Gasteiger partial charge in [-0.2, -0.15) is 0 Å². The third-order valence-electron chi connectivity index (χ3n) is 6.00. The van der Waals surface area contributed by atoms with E-state index in [1.807, 2.05) is 47.8 Å². The molecule has 0 fully saturated rings. The monoisotopic (exact) mass is 493 g/mol. The van der Waals surface area contributed by atoms with Crippen molar-refractivity contribution in [2.24, 2.45) is 0 Å². The van der Waals surface area contributed by atoms with Crippen LogP contribution in [0.5, 0.6) is 17.2 Å². The van der Waals surface area contributed by atoms with E-state index in [-0.39, 0.29) is 24.3 Å². The number of hydrogen-bond acceptors (Lipinski definition) is 7. The topological polar surface area (TPSA) is 85.3 Å². The zero-order chi connectivity index (χ0) is 24.9. The molecule has 1 aromatic heterocycles. The minimum Gasteiger partial charge on any atom is -0.503 e. The maximum Gasteiger partial charge on any atom is 0.290 e. The third kappa shape index (κ3) is 4.88. The van der Waals surface area contributed by atoms with Gasteiger partial charge in [0.05, 0.1) is 39.5 Å². The summed E-state index contributed by atoms with van der Waals surface area (Å²) in [6, 6.07) is 16.1. The first kappa shape index (κ1) is 24.3. The smallest absolute Gasteiger partial charge is 0.290 e. The number of ketones is 1. The maximum atomic E-state index is 13.5. The van der Waals surface area contributed by atoms with Gasteiger partial charge in [-0.3, -0.25) is 9.59 Å². The number of carbonyl (C=O) groups excluding carboxylic acids is 2. The number of ether oxygens (including phenoxy) is 3. The highest BCUT2D eigenvalue weighted by Gasteiger charge is 2.44. The van der Waals surface area contributed by atoms with E-state index in [4.69, 9.17) is 14.2 Å². The minimum absolute atomic E-state index is 0.0803. The van der Waals surface area contributed by atoms with Gasteiger partial charge in [-0.05, 0) is 41.1 Å². The van der Waals surface area contributed by atoms with Crippen LogP contribution in [0.1, 0.15) is 28.5 Å². The number of methoxy groups -OCH3 is 3. The second-order valence-corrected chi connectivity index (χ2v) is 9.08. The molecule has 0 radical (unpaired) electrons. The summed E-state index contributed by atoms with van der Waals surface area (Å²) in [5.41, 5.74) is 1.67. The van der Waals surface area contributed by atoms with Crippen LogP contribution < -0.4 is 14.2 Å². The molecule has 0 saturated heterocycles. The fourth-order valence-corrected chi connectivity index (χ4v) is 5.02. The van der Waals surface area contributed by atoms with E-state index in [1.165, 1.54) is 37.6 Å². The Kier molecular flexibility index (Phi) is 7.41. The number of rotatable bonds is 10. The Morgan fingerprint density at radius 2 is 1.69 bits per heavy atom. The number of carbonyl (C=O) groups is 2. The lowest BCUT2D eigenvalue weighted by Gasteiger charge is -2.27. The second-order valence-electron chi connectivity index (χ2n) is 8.04. The van der Waals surface area contributed by atoms with E-state index in [1.54, 1.807) is 12.1 Å². The number of aliphatic hydroxyl groups is 1. The summed E-state index contributed by atoms with van der Waals surface area (Å²) in [4.78, 5) is 29.1. The van der Waals surface area contributed by atoms with Crippen molar-refractivity contribution in [2.45, 2.75) is 25.4 Å². The molecule has 35 heavy (non-hydrogen) atoms. The molecule has 0 saturated carbocycles. The number of Topliss-reactive ketones (excluding diaryl/α,β-unsaturated/α-hetero) is 1. The Balaban J connectivity index is 1.76. The molecule has 1 aliphatic rings. The van der Waals surface area contributed by atoms with Gasteiger partial charge in [0, 0.05) is 11.3 Å². The van der Waals surface area contributed by atoms with Crippen LogP contribution in [0.25, 0.3) is 0 Å². The van der Waals surface area contributed by atoms with Gasteiger partial charge in [0.15, 0.2) is 23.0 Å². The largest absolute Gasteiger partial charge is 0.503 e. The van der Waals surface area contributed by atoms with Gasteiger partial charge in [0.1, 0.15) is 0 Å². The predicted octanol–water partition coefficient (Wildman–Crippen LogP) is 4.87.